The van der Waals surface area contributed by atoms with Crippen molar-refractivity contribution in [3.63, 3.8) is 0 Å². The molecule has 0 aromatic carbocycles. The van der Waals surface area contributed by atoms with Gasteiger partial charge in [0.25, 0.3) is 0 Å². The van der Waals surface area contributed by atoms with Crippen molar-refractivity contribution in [2.24, 2.45) is 0 Å². The van der Waals surface area contributed by atoms with Gasteiger partial charge in [0.15, 0.2) is 0 Å². The number of carboxylic acid groups (broad SMARTS) is 1. The average molecular weight is 259 g/mol. The van der Waals surface area contributed by atoms with Gasteiger partial charge in [-0.1, -0.05) is 0 Å². The zero-order chi connectivity index (χ0) is 12.3. The summed E-state index contributed by atoms with van der Waals surface area (Å²) in [5.41, 5.74) is -1.06. The third-order valence-electron chi connectivity index (χ3n) is 3.25. The van der Waals surface area contributed by atoms with Crippen molar-refractivity contribution in [3.05, 3.63) is 0 Å². The molecule has 2 fully saturated rings. The number of rotatable bonds is 4. The predicted molar refractivity (Wildman–Crippen MR) is 64.0 cm³/mol. The van der Waals surface area contributed by atoms with Crippen LogP contribution in [0.15, 0.2) is 0 Å². The molecule has 0 unspecified atom stereocenters. The minimum absolute atomic E-state index is 0.0325. The molecule has 0 radical (unpaired) electrons. The van der Waals surface area contributed by atoms with Gasteiger partial charge >= 0.3 is 5.97 Å². The third-order valence-corrected chi connectivity index (χ3v) is 4.44. The number of carboxylic acids is 1. The van der Waals surface area contributed by atoms with Crippen LogP contribution in [-0.2, 0) is 14.3 Å². The highest BCUT2D eigenvalue weighted by molar-refractivity contribution is 7.99. The van der Waals surface area contributed by atoms with Crippen molar-refractivity contribution in [1.82, 2.24) is 5.32 Å². The molecule has 1 amide bonds. The quantitative estimate of drug-likeness (QED) is 0.774. The van der Waals surface area contributed by atoms with Crippen LogP contribution in [0.1, 0.15) is 25.7 Å². The molecule has 0 aromatic rings. The lowest BCUT2D eigenvalue weighted by Crippen LogP contribution is -2.55. The minimum atomic E-state index is -1.06. The van der Waals surface area contributed by atoms with Crippen LogP contribution >= 0.6 is 11.8 Å². The summed E-state index contributed by atoms with van der Waals surface area (Å²) in [5, 5.41) is 11.9. The lowest BCUT2D eigenvalue weighted by atomic mass is 9.98. The third kappa shape index (κ3) is 2.93. The van der Waals surface area contributed by atoms with Crippen LogP contribution in [0.3, 0.4) is 0 Å². The Labute approximate surface area is 104 Å². The van der Waals surface area contributed by atoms with Crippen LogP contribution in [0.2, 0.25) is 0 Å². The Morgan fingerprint density at radius 1 is 1.53 bits per heavy atom. The zero-order valence-electron chi connectivity index (χ0n) is 9.61. The summed E-state index contributed by atoms with van der Waals surface area (Å²) in [6.45, 7) is 0.706. The van der Waals surface area contributed by atoms with Gasteiger partial charge < -0.3 is 15.2 Å². The lowest BCUT2D eigenvalue weighted by molar-refractivity contribution is -0.146. The van der Waals surface area contributed by atoms with Crippen LogP contribution in [0.4, 0.5) is 0 Å². The molecule has 2 aliphatic heterocycles. The second-order valence-electron chi connectivity index (χ2n) is 4.58. The van der Waals surface area contributed by atoms with Crippen molar-refractivity contribution in [2.75, 3.05) is 18.1 Å². The Morgan fingerprint density at radius 2 is 2.35 bits per heavy atom. The molecule has 5 nitrogen and oxygen atoms in total. The second-order valence-corrected chi connectivity index (χ2v) is 5.68. The standard InChI is InChI=1S/C11H17NO4S/c13-9(6-8-2-1-4-16-8)12-11(10(14)15)3-5-17-7-11/h8H,1-7H2,(H,12,13)(H,14,15)/t8-,11+/m1/s1. The van der Waals surface area contributed by atoms with Gasteiger partial charge in [-0.3, -0.25) is 4.79 Å². The molecule has 2 rings (SSSR count). The van der Waals surface area contributed by atoms with Crippen molar-refractivity contribution in [2.45, 2.75) is 37.3 Å². The normalized spacial score (nSPS) is 32.6. The predicted octanol–water partition coefficient (Wildman–Crippen LogP) is 0.632. The highest BCUT2D eigenvalue weighted by atomic mass is 32.2. The van der Waals surface area contributed by atoms with E-state index in [4.69, 9.17) is 4.74 Å². The minimum Gasteiger partial charge on any atom is -0.479 e. The summed E-state index contributed by atoms with van der Waals surface area (Å²) < 4.78 is 5.37. The van der Waals surface area contributed by atoms with E-state index in [2.05, 4.69) is 5.32 Å². The van der Waals surface area contributed by atoms with Crippen molar-refractivity contribution in [3.8, 4) is 0 Å². The summed E-state index contributed by atoms with van der Waals surface area (Å²) in [7, 11) is 0. The molecule has 2 aliphatic rings. The van der Waals surface area contributed by atoms with Crippen molar-refractivity contribution in [1.29, 1.82) is 0 Å². The number of carbonyl (C=O) groups is 2. The Bertz CT molecular complexity index is 309. The Hall–Kier alpha value is -0.750. The first-order valence-electron chi connectivity index (χ1n) is 5.86. The van der Waals surface area contributed by atoms with Crippen molar-refractivity contribution >= 4 is 23.6 Å². The summed E-state index contributed by atoms with van der Waals surface area (Å²) >= 11 is 1.57. The molecule has 0 aromatic heterocycles. The number of nitrogens with one attached hydrogen (secondary N) is 1. The van der Waals surface area contributed by atoms with Crippen LogP contribution in [0.25, 0.3) is 0 Å². The molecule has 17 heavy (non-hydrogen) atoms. The monoisotopic (exact) mass is 259 g/mol. The van der Waals surface area contributed by atoms with Crippen LogP contribution in [-0.4, -0.2) is 46.7 Å². The number of thioether (sulfide) groups is 1. The topological polar surface area (TPSA) is 75.6 Å². The van der Waals surface area contributed by atoms with Crippen LogP contribution in [0.5, 0.6) is 0 Å². The van der Waals surface area contributed by atoms with Gasteiger partial charge in [0.05, 0.1) is 12.5 Å². The van der Waals surface area contributed by atoms with E-state index < -0.39 is 11.5 Å². The van der Waals surface area contributed by atoms with E-state index in [1.807, 2.05) is 0 Å². The fraction of sp³-hybridized carbons (Fsp3) is 0.818. The van der Waals surface area contributed by atoms with E-state index in [0.717, 1.165) is 18.6 Å². The largest absolute Gasteiger partial charge is 0.479 e. The maximum absolute atomic E-state index is 11.8. The SMILES string of the molecule is O=C(C[C@H]1CCCO1)N[C@@]1(C(=O)O)CCSC1. The summed E-state index contributed by atoms with van der Waals surface area (Å²) in [5.74, 6) is 0.108. The molecule has 0 saturated carbocycles. The Morgan fingerprint density at radius 3 is 2.88 bits per heavy atom. The zero-order valence-corrected chi connectivity index (χ0v) is 10.4. The molecule has 2 atom stereocenters. The molecule has 6 heteroatoms. The number of hydrogen-bond acceptors (Lipinski definition) is 4. The highest BCUT2D eigenvalue weighted by Crippen LogP contribution is 2.28. The summed E-state index contributed by atoms with van der Waals surface area (Å²) in [6.07, 6.45) is 2.62. The lowest BCUT2D eigenvalue weighted by Gasteiger charge is -2.25. The second kappa shape index (κ2) is 5.27. The van der Waals surface area contributed by atoms with E-state index in [1.165, 1.54) is 0 Å². The first kappa shape index (κ1) is 12.7. The van der Waals surface area contributed by atoms with E-state index in [9.17, 15) is 14.7 Å². The molecule has 96 valence electrons. The fourth-order valence-corrected chi connectivity index (χ4v) is 3.54. The van der Waals surface area contributed by atoms with Crippen LogP contribution < -0.4 is 5.32 Å². The molecule has 2 N–H and O–H groups in total. The van der Waals surface area contributed by atoms with Gasteiger partial charge in [-0.05, 0) is 25.0 Å². The number of ether oxygens (including phenoxy) is 1. The average Bonchev–Trinajstić information content (AvgIpc) is 2.89. The number of carbonyl (C=O) groups excluding carboxylic acids is 1. The summed E-state index contributed by atoms with van der Waals surface area (Å²) in [4.78, 5) is 23.0. The maximum Gasteiger partial charge on any atom is 0.330 e. The number of aliphatic carboxylic acids is 1. The number of amides is 1. The van der Waals surface area contributed by atoms with Crippen molar-refractivity contribution < 1.29 is 19.4 Å². The Balaban J connectivity index is 1.89. The van der Waals surface area contributed by atoms with Gasteiger partial charge in [-0.25, -0.2) is 4.79 Å². The molecule has 0 spiro atoms. The van der Waals surface area contributed by atoms with Gasteiger partial charge in [-0.2, -0.15) is 11.8 Å². The van der Waals surface area contributed by atoms with Crippen LogP contribution in [0, 0.1) is 0 Å². The van der Waals surface area contributed by atoms with E-state index in [-0.39, 0.29) is 18.4 Å². The smallest absolute Gasteiger partial charge is 0.330 e. The molecule has 0 bridgehead atoms. The summed E-state index contributed by atoms with van der Waals surface area (Å²) in [6, 6.07) is 0. The molecular formula is C11H17NO4S. The van der Waals surface area contributed by atoms with Gasteiger partial charge in [0.2, 0.25) is 5.91 Å². The van der Waals surface area contributed by atoms with Gasteiger partial charge in [-0.15, -0.1) is 0 Å². The molecule has 2 saturated heterocycles. The molecule has 0 aliphatic carbocycles. The first-order chi connectivity index (χ1) is 8.12. The maximum atomic E-state index is 11.8. The van der Waals surface area contributed by atoms with E-state index in [1.54, 1.807) is 11.8 Å². The number of hydrogen-bond donors (Lipinski definition) is 2. The van der Waals surface area contributed by atoms with Gasteiger partial charge in [0.1, 0.15) is 5.54 Å². The highest BCUT2D eigenvalue weighted by Gasteiger charge is 2.43. The van der Waals surface area contributed by atoms with Gasteiger partial charge in [0, 0.05) is 12.4 Å². The van der Waals surface area contributed by atoms with E-state index in [0.29, 0.717) is 18.8 Å². The Kier molecular flexibility index (Phi) is 3.93. The first-order valence-corrected chi connectivity index (χ1v) is 7.02. The van der Waals surface area contributed by atoms with E-state index >= 15 is 0 Å². The molecule has 2 heterocycles. The fourth-order valence-electron chi connectivity index (χ4n) is 2.22. The molecular weight excluding hydrogens is 242 g/mol.